The molecule has 3 aliphatic rings. The minimum absolute atomic E-state index is 0.428. The predicted molar refractivity (Wildman–Crippen MR) is 73.8 cm³/mol. The molecule has 1 N–H and O–H groups in total. The second-order valence-electron chi connectivity index (χ2n) is 6.60. The predicted octanol–water partition coefficient (Wildman–Crippen LogP) is 2.02. The Morgan fingerprint density at radius 3 is 2.78 bits per heavy atom. The lowest BCUT2D eigenvalue weighted by Gasteiger charge is -2.31. The van der Waals surface area contributed by atoms with Gasteiger partial charge in [-0.15, -0.1) is 0 Å². The standard InChI is InChI=1S/C15H28N2O/c1-12-11-17(6-2-8-18-12)7-5-13-9-14-3-4-15(10-13)16-14/h12-16H,2-11H2,1H3. The van der Waals surface area contributed by atoms with Crippen molar-refractivity contribution >= 4 is 0 Å². The molecule has 3 aliphatic heterocycles. The zero-order chi connectivity index (χ0) is 12.4. The van der Waals surface area contributed by atoms with Gasteiger partial charge in [-0.05, 0) is 57.9 Å². The van der Waals surface area contributed by atoms with E-state index in [1.54, 1.807) is 0 Å². The summed E-state index contributed by atoms with van der Waals surface area (Å²) in [5.74, 6) is 0.975. The van der Waals surface area contributed by atoms with Crippen LogP contribution in [-0.4, -0.2) is 49.3 Å². The van der Waals surface area contributed by atoms with E-state index in [9.17, 15) is 0 Å². The zero-order valence-electron chi connectivity index (χ0n) is 11.7. The normalized spacial score (nSPS) is 41.8. The molecule has 3 saturated heterocycles. The van der Waals surface area contributed by atoms with E-state index in [4.69, 9.17) is 4.74 Å². The molecule has 0 aromatic rings. The highest BCUT2D eigenvalue weighted by atomic mass is 16.5. The maximum Gasteiger partial charge on any atom is 0.0673 e. The summed E-state index contributed by atoms with van der Waals surface area (Å²) in [6.07, 6.45) is 8.75. The van der Waals surface area contributed by atoms with E-state index in [2.05, 4.69) is 17.1 Å². The molecule has 3 heterocycles. The van der Waals surface area contributed by atoms with Gasteiger partial charge in [0.15, 0.2) is 0 Å². The Bertz CT molecular complexity index is 254. The molecular formula is C15H28N2O. The maximum absolute atomic E-state index is 5.72. The summed E-state index contributed by atoms with van der Waals surface area (Å²) in [6.45, 7) is 6.83. The molecular weight excluding hydrogens is 224 g/mol. The number of nitrogens with one attached hydrogen (secondary N) is 1. The van der Waals surface area contributed by atoms with Crippen molar-refractivity contribution < 1.29 is 4.74 Å². The minimum Gasteiger partial charge on any atom is -0.377 e. The average Bonchev–Trinajstić information content (AvgIpc) is 2.59. The monoisotopic (exact) mass is 252 g/mol. The van der Waals surface area contributed by atoms with Gasteiger partial charge in [0.25, 0.3) is 0 Å². The van der Waals surface area contributed by atoms with Crippen LogP contribution < -0.4 is 5.32 Å². The molecule has 3 rings (SSSR count). The number of hydrogen-bond donors (Lipinski definition) is 1. The maximum atomic E-state index is 5.72. The molecule has 3 atom stereocenters. The molecule has 18 heavy (non-hydrogen) atoms. The van der Waals surface area contributed by atoms with Crippen molar-refractivity contribution in [3.05, 3.63) is 0 Å². The Morgan fingerprint density at radius 2 is 2.00 bits per heavy atom. The van der Waals surface area contributed by atoms with Gasteiger partial charge in [-0.2, -0.15) is 0 Å². The van der Waals surface area contributed by atoms with E-state index in [1.807, 2.05) is 0 Å². The first-order valence-corrected chi connectivity index (χ1v) is 7.89. The van der Waals surface area contributed by atoms with Crippen LogP contribution in [0.4, 0.5) is 0 Å². The third kappa shape index (κ3) is 3.25. The van der Waals surface area contributed by atoms with E-state index in [-0.39, 0.29) is 0 Å². The van der Waals surface area contributed by atoms with Gasteiger partial charge in [0.1, 0.15) is 0 Å². The number of ether oxygens (including phenoxy) is 1. The van der Waals surface area contributed by atoms with E-state index in [1.165, 1.54) is 51.6 Å². The van der Waals surface area contributed by atoms with Crippen LogP contribution in [0.25, 0.3) is 0 Å². The van der Waals surface area contributed by atoms with Gasteiger partial charge >= 0.3 is 0 Å². The first kappa shape index (κ1) is 12.9. The van der Waals surface area contributed by atoms with Crippen molar-refractivity contribution in [1.82, 2.24) is 10.2 Å². The lowest BCUT2D eigenvalue weighted by atomic mass is 9.89. The molecule has 104 valence electrons. The Labute approximate surface area is 111 Å². The first-order valence-electron chi connectivity index (χ1n) is 7.89. The smallest absolute Gasteiger partial charge is 0.0673 e. The van der Waals surface area contributed by atoms with Crippen LogP contribution in [0, 0.1) is 5.92 Å². The molecule has 2 bridgehead atoms. The lowest BCUT2D eigenvalue weighted by Crippen LogP contribution is -2.39. The molecule has 3 fully saturated rings. The summed E-state index contributed by atoms with van der Waals surface area (Å²) < 4.78 is 5.72. The van der Waals surface area contributed by atoms with Gasteiger partial charge in [-0.1, -0.05) is 0 Å². The molecule has 0 spiro atoms. The van der Waals surface area contributed by atoms with Crippen molar-refractivity contribution in [2.24, 2.45) is 5.92 Å². The van der Waals surface area contributed by atoms with E-state index >= 15 is 0 Å². The van der Waals surface area contributed by atoms with Crippen LogP contribution in [0.3, 0.4) is 0 Å². The quantitative estimate of drug-likeness (QED) is 0.831. The molecule has 3 heteroatoms. The Kier molecular flexibility index (Phi) is 4.22. The fourth-order valence-electron chi connectivity index (χ4n) is 4.06. The second kappa shape index (κ2) is 5.89. The summed E-state index contributed by atoms with van der Waals surface area (Å²) in [5, 5.41) is 3.74. The number of hydrogen-bond acceptors (Lipinski definition) is 3. The van der Waals surface area contributed by atoms with Crippen LogP contribution in [0.2, 0.25) is 0 Å². The molecule has 0 aromatic heterocycles. The molecule has 0 aromatic carbocycles. The third-order valence-electron chi connectivity index (χ3n) is 4.96. The van der Waals surface area contributed by atoms with E-state index in [0.717, 1.165) is 31.2 Å². The van der Waals surface area contributed by atoms with Crippen LogP contribution in [0.15, 0.2) is 0 Å². The van der Waals surface area contributed by atoms with Gasteiger partial charge in [0.05, 0.1) is 6.10 Å². The molecule has 0 aliphatic carbocycles. The van der Waals surface area contributed by atoms with Crippen molar-refractivity contribution in [1.29, 1.82) is 0 Å². The minimum atomic E-state index is 0.428. The molecule has 0 saturated carbocycles. The number of rotatable bonds is 3. The van der Waals surface area contributed by atoms with E-state index in [0.29, 0.717) is 6.10 Å². The number of piperidine rings is 1. The summed E-state index contributed by atoms with van der Waals surface area (Å²) in [5.41, 5.74) is 0. The third-order valence-corrected chi connectivity index (χ3v) is 4.96. The largest absolute Gasteiger partial charge is 0.377 e. The fourth-order valence-corrected chi connectivity index (χ4v) is 4.06. The summed E-state index contributed by atoms with van der Waals surface area (Å²) >= 11 is 0. The van der Waals surface area contributed by atoms with Gasteiger partial charge < -0.3 is 15.0 Å². The molecule has 0 amide bonds. The summed E-state index contributed by atoms with van der Waals surface area (Å²) in [6, 6.07) is 1.69. The van der Waals surface area contributed by atoms with Crippen LogP contribution in [-0.2, 0) is 4.74 Å². The van der Waals surface area contributed by atoms with Crippen molar-refractivity contribution in [3.63, 3.8) is 0 Å². The Balaban J connectivity index is 1.43. The molecule has 0 radical (unpaired) electrons. The van der Waals surface area contributed by atoms with Crippen LogP contribution >= 0.6 is 0 Å². The number of nitrogens with zero attached hydrogens (tertiary/aromatic N) is 1. The summed E-state index contributed by atoms with van der Waals surface area (Å²) in [7, 11) is 0. The van der Waals surface area contributed by atoms with Crippen molar-refractivity contribution in [2.75, 3.05) is 26.2 Å². The highest BCUT2D eigenvalue weighted by Gasteiger charge is 2.33. The lowest BCUT2D eigenvalue weighted by molar-refractivity contribution is 0.0665. The van der Waals surface area contributed by atoms with E-state index < -0.39 is 0 Å². The molecule has 3 nitrogen and oxygen atoms in total. The second-order valence-corrected chi connectivity index (χ2v) is 6.60. The Hall–Kier alpha value is -0.120. The highest BCUT2D eigenvalue weighted by Crippen LogP contribution is 2.32. The van der Waals surface area contributed by atoms with Crippen LogP contribution in [0.1, 0.15) is 45.4 Å². The average molecular weight is 252 g/mol. The van der Waals surface area contributed by atoms with Gasteiger partial charge in [0, 0.05) is 31.8 Å². The van der Waals surface area contributed by atoms with Gasteiger partial charge in [0.2, 0.25) is 0 Å². The fraction of sp³-hybridized carbons (Fsp3) is 1.00. The topological polar surface area (TPSA) is 24.5 Å². The molecule has 3 unspecified atom stereocenters. The number of fused-ring (bicyclic) bond motifs is 2. The van der Waals surface area contributed by atoms with Gasteiger partial charge in [-0.3, -0.25) is 0 Å². The van der Waals surface area contributed by atoms with Gasteiger partial charge in [-0.25, -0.2) is 0 Å². The van der Waals surface area contributed by atoms with Crippen LogP contribution in [0.5, 0.6) is 0 Å². The van der Waals surface area contributed by atoms with Crippen molar-refractivity contribution in [3.8, 4) is 0 Å². The SMILES string of the molecule is CC1CN(CCC2CC3CCC(C2)N3)CCCO1. The zero-order valence-corrected chi connectivity index (χ0v) is 11.7. The Morgan fingerprint density at radius 1 is 1.22 bits per heavy atom. The highest BCUT2D eigenvalue weighted by molar-refractivity contribution is 4.92. The summed E-state index contributed by atoms with van der Waals surface area (Å²) in [4.78, 5) is 2.63. The van der Waals surface area contributed by atoms with Crippen molar-refractivity contribution in [2.45, 2.75) is 63.6 Å². The first-order chi connectivity index (χ1) is 8.79.